The molecule has 2 N–H and O–H groups in total. The lowest BCUT2D eigenvalue weighted by atomic mass is 10.1. The Morgan fingerprint density at radius 2 is 2.25 bits per heavy atom. The number of nitrogens with two attached hydrogens (primary N) is 1. The average molecular weight is 301 g/mol. The summed E-state index contributed by atoms with van der Waals surface area (Å²) in [7, 11) is 0. The lowest BCUT2D eigenvalue weighted by molar-refractivity contribution is 0.0996. The fraction of sp³-hybridized carbons (Fsp3) is 0. The number of carbonyl (C=O) groups excluding carboxylic acids is 1. The highest BCUT2D eigenvalue weighted by Gasteiger charge is 2.16. The van der Waals surface area contributed by atoms with Crippen LogP contribution in [0.15, 0.2) is 28.2 Å². The van der Waals surface area contributed by atoms with Crippen LogP contribution in [-0.2, 0) is 0 Å². The number of hydrogen-bond acceptors (Lipinski definition) is 3. The van der Waals surface area contributed by atoms with Gasteiger partial charge >= 0.3 is 0 Å². The molecule has 1 aromatic carbocycles. The standard InChI is InChI=1S/C10H6BrFN2OS/c11-10-14-7(9(13)15)8(16-10)5-2-1-3-6(12)4-5/h1-4H,(H2,13,15). The maximum atomic E-state index is 13.0. The Labute approximate surface area is 103 Å². The first-order chi connectivity index (χ1) is 7.58. The van der Waals surface area contributed by atoms with Gasteiger partial charge < -0.3 is 5.73 Å². The van der Waals surface area contributed by atoms with Crippen LogP contribution in [0.4, 0.5) is 4.39 Å². The van der Waals surface area contributed by atoms with Crippen molar-refractivity contribution < 1.29 is 9.18 Å². The molecule has 1 heterocycles. The van der Waals surface area contributed by atoms with E-state index in [4.69, 9.17) is 5.73 Å². The van der Waals surface area contributed by atoms with E-state index in [-0.39, 0.29) is 11.5 Å². The van der Waals surface area contributed by atoms with Crippen molar-refractivity contribution in [2.24, 2.45) is 5.73 Å². The van der Waals surface area contributed by atoms with Gasteiger partial charge in [-0.3, -0.25) is 4.79 Å². The van der Waals surface area contributed by atoms with Gasteiger partial charge in [0.15, 0.2) is 3.92 Å². The first kappa shape index (κ1) is 11.2. The number of nitrogens with zero attached hydrogens (tertiary/aromatic N) is 1. The minimum Gasteiger partial charge on any atom is -0.364 e. The van der Waals surface area contributed by atoms with Gasteiger partial charge in [0.2, 0.25) is 0 Å². The summed E-state index contributed by atoms with van der Waals surface area (Å²) in [5, 5.41) is 0. The van der Waals surface area contributed by atoms with E-state index in [0.29, 0.717) is 14.4 Å². The molecule has 0 aliphatic rings. The minimum absolute atomic E-state index is 0.155. The first-order valence-electron chi connectivity index (χ1n) is 4.30. The van der Waals surface area contributed by atoms with Gasteiger partial charge in [-0.15, -0.1) is 11.3 Å². The molecule has 16 heavy (non-hydrogen) atoms. The van der Waals surface area contributed by atoms with Crippen molar-refractivity contribution in [1.82, 2.24) is 4.98 Å². The third kappa shape index (κ3) is 2.12. The molecule has 0 spiro atoms. The lowest BCUT2D eigenvalue weighted by Gasteiger charge is -1.98. The average Bonchev–Trinajstić information content (AvgIpc) is 2.60. The number of benzene rings is 1. The monoisotopic (exact) mass is 300 g/mol. The zero-order valence-corrected chi connectivity index (χ0v) is 10.3. The van der Waals surface area contributed by atoms with Crippen LogP contribution in [0.3, 0.4) is 0 Å². The number of halogens is 2. The molecule has 0 fully saturated rings. The summed E-state index contributed by atoms with van der Waals surface area (Å²) in [5.74, 6) is -0.987. The second-order valence-electron chi connectivity index (χ2n) is 3.02. The Balaban J connectivity index is 2.59. The third-order valence-electron chi connectivity index (χ3n) is 1.92. The smallest absolute Gasteiger partial charge is 0.268 e. The molecule has 2 aromatic rings. The Hall–Kier alpha value is -1.27. The predicted octanol–water partition coefficient (Wildman–Crippen LogP) is 2.81. The van der Waals surface area contributed by atoms with E-state index in [9.17, 15) is 9.18 Å². The molecule has 0 bridgehead atoms. The summed E-state index contributed by atoms with van der Waals surface area (Å²) in [4.78, 5) is 15.7. The molecule has 0 aliphatic heterocycles. The van der Waals surface area contributed by atoms with Gasteiger partial charge in [-0.1, -0.05) is 12.1 Å². The molecule has 0 saturated carbocycles. The van der Waals surface area contributed by atoms with E-state index in [1.165, 1.54) is 23.5 Å². The number of carbonyl (C=O) groups is 1. The van der Waals surface area contributed by atoms with E-state index in [0.717, 1.165) is 0 Å². The number of aromatic nitrogens is 1. The van der Waals surface area contributed by atoms with Crippen molar-refractivity contribution in [3.05, 3.63) is 39.7 Å². The third-order valence-corrected chi connectivity index (χ3v) is 3.48. The topological polar surface area (TPSA) is 56.0 Å². The normalized spacial score (nSPS) is 10.4. The largest absolute Gasteiger partial charge is 0.364 e. The molecular formula is C10H6BrFN2OS. The second kappa shape index (κ2) is 4.31. The van der Waals surface area contributed by atoms with Crippen LogP contribution >= 0.6 is 27.3 Å². The summed E-state index contributed by atoms with van der Waals surface area (Å²) < 4.78 is 13.6. The SMILES string of the molecule is NC(=O)c1nc(Br)sc1-c1cccc(F)c1. The number of hydrogen-bond donors (Lipinski definition) is 1. The fourth-order valence-electron chi connectivity index (χ4n) is 1.29. The van der Waals surface area contributed by atoms with Crippen molar-refractivity contribution in [1.29, 1.82) is 0 Å². The minimum atomic E-state index is -0.624. The van der Waals surface area contributed by atoms with E-state index >= 15 is 0 Å². The van der Waals surface area contributed by atoms with Gasteiger partial charge in [0, 0.05) is 0 Å². The van der Waals surface area contributed by atoms with Gasteiger partial charge in [0.25, 0.3) is 5.91 Å². The first-order valence-corrected chi connectivity index (χ1v) is 5.91. The zero-order valence-electron chi connectivity index (χ0n) is 7.91. The van der Waals surface area contributed by atoms with Gasteiger partial charge in [-0.25, -0.2) is 9.37 Å². The van der Waals surface area contributed by atoms with E-state index in [1.54, 1.807) is 12.1 Å². The molecule has 3 nitrogen and oxygen atoms in total. The molecule has 0 atom stereocenters. The van der Waals surface area contributed by atoms with Gasteiger partial charge in [-0.05, 0) is 33.6 Å². The lowest BCUT2D eigenvalue weighted by Crippen LogP contribution is -2.12. The maximum Gasteiger partial charge on any atom is 0.268 e. The maximum absolute atomic E-state index is 13.0. The van der Waals surface area contributed by atoms with E-state index < -0.39 is 5.91 Å². The summed E-state index contributed by atoms with van der Waals surface area (Å²) in [6.45, 7) is 0. The number of amides is 1. The molecule has 1 amide bonds. The predicted molar refractivity (Wildman–Crippen MR) is 63.7 cm³/mol. The van der Waals surface area contributed by atoms with Gasteiger partial charge in [-0.2, -0.15) is 0 Å². The molecule has 2 rings (SSSR count). The molecule has 6 heteroatoms. The van der Waals surface area contributed by atoms with Crippen LogP contribution in [0.5, 0.6) is 0 Å². The Bertz CT molecular complexity index is 556. The molecule has 0 aliphatic carbocycles. The molecule has 0 radical (unpaired) electrons. The fourth-order valence-corrected chi connectivity index (χ4v) is 2.74. The van der Waals surface area contributed by atoms with Crippen molar-refractivity contribution in [3.8, 4) is 10.4 Å². The highest BCUT2D eigenvalue weighted by molar-refractivity contribution is 9.11. The van der Waals surface area contributed by atoms with Crippen molar-refractivity contribution in [2.45, 2.75) is 0 Å². The van der Waals surface area contributed by atoms with Crippen molar-refractivity contribution in [2.75, 3.05) is 0 Å². The van der Waals surface area contributed by atoms with Crippen LogP contribution in [0.2, 0.25) is 0 Å². The highest BCUT2D eigenvalue weighted by atomic mass is 79.9. The Morgan fingerprint density at radius 3 is 2.88 bits per heavy atom. The van der Waals surface area contributed by atoms with Gasteiger partial charge in [0.05, 0.1) is 4.88 Å². The molecule has 1 aromatic heterocycles. The molecule has 82 valence electrons. The van der Waals surface area contributed by atoms with Crippen LogP contribution in [0.1, 0.15) is 10.5 Å². The molecule has 0 unspecified atom stereocenters. The van der Waals surface area contributed by atoms with Crippen LogP contribution in [0.25, 0.3) is 10.4 Å². The number of rotatable bonds is 2. The molecular weight excluding hydrogens is 295 g/mol. The zero-order chi connectivity index (χ0) is 11.7. The van der Waals surface area contributed by atoms with Crippen LogP contribution < -0.4 is 5.73 Å². The quantitative estimate of drug-likeness (QED) is 0.927. The summed E-state index contributed by atoms with van der Waals surface area (Å²) in [6.07, 6.45) is 0. The summed E-state index contributed by atoms with van der Waals surface area (Å²) in [6, 6.07) is 5.95. The van der Waals surface area contributed by atoms with E-state index in [2.05, 4.69) is 20.9 Å². The van der Waals surface area contributed by atoms with E-state index in [1.807, 2.05) is 0 Å². The van der Waals surface area contributed by atoms with Crippen LogP contribution in [-0.4, -0.2) is 10.9 Å². The molecule has 0 saturated heterocycles. The Morgan fingerprint density at radius 1 is 1.50 bits per heavy atom. The van der Waals surface area contributed by atoms with Gasteiger partial charge in [0.1, 0.15) is 11.5 Å². The number of thiazole rings is 1. The van der Waals surface area contributed by atoms with Crippen molar-refractivity contribution >= 4 is 33.2 Å². The second-order valence-corrected chi connectivity index (χ2v) is 5.29. The Kier molecular flexibility index (Phi) is 3.02. The summed E-state index contributed by atoms with van der Waals surface area (Å²) in [5.41, 5.74) is 5.94. The van der Waals surface area contributed by atoms with Crippen molar-refractivity contribution in [3.63, 3.8) is 0 Å². The summed E-state index contributed by atoms with van der Waals surface area (Å²) >= 11 is 4.42. The highest BCUT2D eigenvalue weighted by Crippen LogP contribution is 2.32. The van der Waals surface area contributed by atoms with Crippen LogP contribution in [0, 0.1) is 5.82 Å². The number of primary amides is 1.